The fourth-order valence-corrected chi connectivity index (χ4v) is 8.56. The lowest BCUT2D eigenvalue weighted by atomic mass is 10.1. The third kappa shape index (κ3) is 3.69. The van der Waals surface area contributed by atoms with Crippen molar-refractivity contribution in [2.45, 2.75) is 55.5 Å². The molecule has 0 bridgehead atoms. The summed E-state index contributed by atoms with van der Waals surface area (Å²) >= 11 is 0. The highest BCUT2D eigenvalue weighted by Crippen LogP contribution is 2.58. The molecule has 0 unspecified atom stereocenters. The highest BCUT2D eigenvalue weighted by atomic mass is 31.1. The molecule has 3 N–H and O–H groups in total. The summed E-state index contributed by atoms with van der Waals surface area (Å²) in [7, 11) is 0.265. The van der Waals surface area contributed by atoms with Gasteiger partial charge in [-0.25, -0.2) is 0 Å². The standard InChI is InChI=1S/C15H30N3P/c1-7-16-8-2-13(1)19(14-3-9-17-10-4-14)15-5-11-18-12-6-15/h13-18H,1-12H2. The van der Waals surface area contributed by atoms with Gasteiger partial charge in [-0.3, -0.25) is 0 Å². The highest BCUT2D eigenvalue weighted by Gasteiger charge is 2.36. The first-order chi connectivity index (χ1) is 9.45. The van der Waals surface area contributed by atoms with Crippen molar-refractivity contribution in [3.63, 3.8) is 0 Å². The molecule has 19 heavy (non-hydrogen) atoms. The number of nitrogens with one attached hydrogen (secondary N) is 3. The smallest absolute Gasteiger partial charge is 0.00429 e. The van der Waals surface area contributed by atoms with Crippen LogP contribution in [0.1, 0.15) is 38.5 Å². The molecule has 3 fully saturated rings. The van der Waals surface area contributed by atoms with Crippen molar-refractivity contribution in [1.82, 2.24) is 16.0 Å². The van der Waals surface area contributed by atoms with Gasteiger partial charge < -0.3 is 16.0 Å². The SMILES string of the molecule is C1CC(P(C2CCNCC2)C2CCNCC2)CCN1. The van der Waals surface area contributed by atoms with Crippen LogP contribution in [0.15, 0.2) is 0 Å². The molecule has 3 aliphatic heterocycles. The van der Waals surface area contributed by atoms with Crippen LogP contribution < -0.4 is 16.0 Å². The Bertz CT molecular complexity index is 213. The van der Waals surface area contributed by atoms with Crippen LogP contribution in [0.4, 0.5) is 0 Å². The van der Waals surface area contributed by atoms with Gasteiger partial charge in [0.15, 0.2) is 0 Å². The summed E-state index contributed by atoms with van der Waals surface area (Å²) in [5, 5.41) is 10.7. The van der Waals surface area contributed by atoms with E-state index in [1.54, 1.807) is 0 Å². The minimum atomic E-state index is 0.265. The van der Waals surface area contributed by atoms with E-state index in [1.807, 2.05) is 0 Å². The highest BCUT2D eigenvalue weighted by molar-refractivity contribution is 7.60. The van der Waals surface area contributed by atoms with Crippen molar-refractivity contribution in [3.05, 3.63) is 0 Å². The van der Waals surface area contributed by atoms with E-state index < -0.39 is 0 Å². The molecule has 0 aliphatic carbocycles. The lowest BCUT2D eigenvalue weighted by Crippen LogP contribution is -2.40. The van der Waals surface area contributed by atoms with Crippen LogP contribution in [0.5, 0.6) is 0 Å². The first kappa shape index (κ1) is 14.3. The quantitative estimate of drug-likeness (QED) is 0.690. The molecule has 0 aromatic heterocycles. The average molecular weight is 283 g/mol. The van der Waals surface area contributed by atoms with Gasteiger partial charge in [-0.05, 0) is 94.8 Å². The normalized spacial score (nSPS) is 28.9. The van der Waals surface area contributed by atoms with E-state index in [9.17, 15) is 0 Å². The summed E-state index contributed by atoms with van der Waals surface area (Å²) in [6.45, 7) is 7.66. The fourth-order valence-electron chi connectivity index (χ4n) is 4.21. The van der Waals surface area contributed by atoms with Gasteiger partial charge in [0.1, 0.15) is 0 Å². The van der Waals surface area contributed by atoms with Gasteiger partial charge in [-0.15, -0.1) is 0 Å². The van der Waals surface area contributed by atoms with Gasteiger partial charge in [0.2, 0.25) is 0 Å². The zero-order chi connectivity index (χ0) is 12.9. The molecule has 3 aliphatic rings. The van der Waals surface area contributed by atoms with E-state index in [-0.39, 0.29) is 7.92 Å². The van der Waals surface area contributed by atoms with Crippen LogP contribution in [-0.2, 0) is 0 Å². The molecule has 3 rings (SSSR count). The molecule has 0 spiro atoms. The van der Waals surface area contributed by atoms with E-state index in [0.29, 0.717) is 0 Å². The van der Waals surface area contributed by atoms with Gasteiger partial charge in [0, 0.05) is 0 Å². The number of hydrogen-bond acceptors (Lipinski definition) is 3. The van der Waals surface area contributed by atoms with E-state index in [4.69, 9.17) is 0 Å². The van der Waals surface area contributed by atoms with Crippen molar-refractivity contribution < 1.29 is 0 Å². The zero-order valence-corrected chi connectivity index (χ0v) is 13.1. The van der Waals surface area contributed by atoms with Crippen molar-refractivity contribution in [3.8, 4) is 0 Å². The van der Waals surface area contributed by atoms with Crippen LogP contribution in [0.2, 0.25) is 0 Å². The Hall–Kier alpha value is 0.310. The summed E-state index contributed by atoms with van der Waals surface area (Å²) in [5.74, 6) is 0. The predicted octanol–water partition coefficient (Wildman–Crippen LogP) is 1.72. The van der Waals surface area contributed by atoms with Gasteiger partial charge in [-0.1, -0.05) is 7.92 Å². The van der Waals surface area contributed by atoms with Gasteiger partial charge >= 0.3 is 0 Å². The second-order valence-electron chi connectivity index (χ2n) is 6.39. The van der Waals surface area contributed by atoms with Crippen LogP contribution in [0.3, 0.4) is 0 Å². The zero-order valence-electron chi connectivity index (χ0n) is 12.2. The molecule has 0 aromatic rings. The molecule has 0 aromatic carbocycles. The van der Waals surface area contributed by atoms with E-state index >= 15 is 0 Å². The third-order valence-corrected chi connectivity index (χ3v) is 9.27. The molecule has 110 valence electrons. The topological polar surface area (TPSA) is 36.1 Å². The lowest BCUT2D eigenvalue weighted by Gasteiger charge is -2.44. The van der Waals surface area contributed by atoms with Gasteiger partial charge in [-0.2, -0.15) is 0 Å². The number of rotatable bonds is 3. The average Bonchev–Trinajstić information content (AvgIpc) is 2.51. The van der Waals surface area contributed by atoms with Crippen molar-refractivity contribution >= 4 is 7.92 Å². The van der Waals surface area contributed by atoms with Crippen molar-refractivity contribution in [2.75, 3.05) is 39.3 Å². The third-order valence-electron chi connectivity index (χ3n) is 5.19. The number of piperidine rings is 3. The van der Waals surface area contributed by atoms with Crippen molar-refractivity contribution in [2.24, 2.45) is 0 Å². The molecule has 0 saturated carbocycles. The van der Waals surface area contributed by atoms with Crippen LogP contribution in [0, 0.1) is 0 Å². The Balaban J connectivity index is 1.68. The lowest BCUT2D eigenvalue weighted by molar-refractivity contribution is 0.477. The molecular weight excluding hydrogens is 253 g/mol. The molecule has 0 amide bonds. The van der Waals surface area contributed by atoms with Gasteiger partial charge in [0.25, 0.3) is 0 Å². The van der Waals surface area contributed by atoms with Crippen LogP contribution in [0.25, 0.3) is 0 Å². The summed E-state index contributed by atoms with van der Waals surface area (Å²) in [4.78, 5) is 0. The number of hydrogen-bond donors (Lipinski definition) is 3. The molecule has 0 atom stereocenters. The molecular formula is C15H30N3P. The first-order valence-corrected chi connectivity index (χ1v) is 9.89. The summed E-state index contributed by atoms with van der Waals surface area (Å²) < 4.78 is 0. The fraction of sp³-hybridized carbons (Fsp3) is 1.00. The Morgan fingerprint density at radius 2 is 0.737 bits per heavy atom. The molecule has 3 nitrogen and oxygen atoms in total. The van der Waals surface area contributed by atoms with E-state index in [0.717, 1.165) is 17.0 Å². The molecule has 3 heterocycles. The maximum absolute atomic E-state index is 3.56. The Labute approximate surface area is 119 Å². The van der Waals surface area contributed by atoms with Crippen LogP contribution >= 0.6 is 7.92 Å². The second-order valence-corrected chi connectivity index (χ2v) is 9.48. The summed E-state index contributed by atoms with van der Waals surface area (Å²) in [6.07, 6.45) is 8.75. The summed E-state index contributed by atoms with van der Waals surface area (Å²) in [6, 6.07) is 0. The maximum Gasteiger partial charge on any atom is -0.00429 e. The van der Waals surface area contributed by atoms with Gasteiger partial charge in [0.05, 0.1) is 0 Å². The minimum Gasteiger partial charge on any atom is -0.317 e. The van der Waals surface area contributed by atoms with E-state index in [1.165, 1.54) is 77.8 Å². The first-order valence-electron chi connectivity index (χ1n) is 8.35. The monoisotopic (exact) mass is 283 g/mol. The van der Waals surface area contributed by atoms with Crippen LogP contribution in [-0.4, -0.2) is 56.2 Å². The molecule has 3 saturated heterocycles. The minimum absolute atomic E-state index is 0.265. The largest absolute Gasteiger partial charge is 0.317 e. The maximum atomic E-state index is 3.56. The second kappa shape index (κ2) is 7.36. The molecule has 4 heteroatoms. The predicted molar refractivity (Wildman–Crippen MR) is 84.6 cm³/mol. The molecule has 0 radical (unpaired) electrons. The summed E-state index contributed by atoms with van der Waals surface area (Å²) in [5.41, 5.74) is 3.22. The Kier molecular flexibility index (Phi) is 5.52. The Morgan fingerprint density at radius 1 is 0.474 bits per heavy atom. The van der Waals surface area contributed by atoms with E-state index in [2.05, 4.69) is 16.0 Å². The Morgan fingerprint density at radius 3 is 1.00 bits per heavy atom. The van der Waals surface area contributed by atoms with Crippen molar-refractivity contribution in [1.29, 1.82) is 0 Å².